The molecule has 0 aliphatic rings. The van der Waals surface area contributed by atoms with E-state index >= 15 is 0 Å². The van der Waals surface area contributed by atoms with Gasteiger partial charge in [-0.15, -0.1) is 10.2 Å². The maximum atomic E-state index is 12.6. The Morgan fingerprint density at radius 2 is 2.00 bits per heavy atom. The van der Waals surface area contributed by atoms with E-state index in [-0.39, 0.29) is 11.9 Å². The first-order valence-corrected chi connectivity index (χ1v) is 9.57. The number of nitrogens with one attached hydrogen (secondary N) is 1. The van der Waals surface area contributed by atoms with E-state index in [1.807, 2.05) is 44.2 Å². The summed E-state index contributed by atoms with van der Waals surface area (Å²) in [6.45, 7) is 8.47. The number of carbonyl (C=O) groups is 1. The minimum absolute atomic E-state index is 0.129. The highest BCUT2D eigenvalue weighted by Gasteiger charge is 2.16. The van der Waals surface area contributed by atoms with Crippen molar-refractivity contribution in [1.82, 2.24) is 30.5 Å². The summed E-state index contributed by atoms with van der Waals surface area (Å²) in [6.07, 6.45) is 0. The highest BCUT2D eigenvalue weighted by Crippen LogP contribution is 2.19. The van der Waals surface area contributed by atoms with Crippen molar-refractivity contribution in [1.29, 1.82) is 0 Å². The maximum absolute atomic E-state index is 12.6. The highest BCUT2D eigenvalue weighted by molar-refractivity contribution is 5.93. The second kappa shape index (κ2) is 8.81. The van der Waals surface area contributed by atoms with Crippen LogP contribution in [0.2, 0.25) is 0 Å². The number of aromatic nitrogens is 5. The Labute approximate surface area is 170 Å². The monoisotopic (exact) mass is 394 g/mol. The molecule has 0 bridgehead atoms. The van der Waals surface area contributed by atoms with Gasteiger partial charge in [0.05, 0.1) is 13.2 Å². The van der Waals surface area contributed by atoms with Gasteiger partial charge in [0.2, 0.25) is 5.82 Å². The van der Waals surface area contributed by atoms with Gasteiger partial charge in [0, 0.05) is 17.8 Å². The molecule has 0 aliphatic heterocycles. The number of pyridine rings is 1. The lowest BCUT2D eigenvalue weighted by Crippen LogP contribution is -2.24. The fourth-order valence-electron chi connectivity index (χ4n) is 2.75. The van der Waals surface area contributed by atoms with Crippen molar-refractivity contribution in [3.8, 4) is 17.1 Å². The molecule has 0 radical (unpaired) electrons. The molecule has 0 fully saturated rings. The standard InChI is InChI=1S/C21H26N6O2/c1-13(2)15(4)27-25-20(24-26-27)17-9-14(3)23-19(11-17)21(28)22-12-16-7-6-8-18(10-16)29-5/h6-11,13,15H,12H2,1-5H3,(H,22,28)/t15-/m0/s1. The molecule has 0 saturated heterocycles. The number of methoxy groups -OCH3 is 1. The normalized spacial score (nSPS) is 12.1. The topological polar surface area (TPSA) is 94.8 Å². The van der Waals surface area contributed by atoms with Crippen LogP contribution in [0.1, 0.15) is 48.6 Å². The molecule has 2 aromatic heterocycles. The van der Waals surface area contributed by atoms with Crippen LogP contribution >= 0.6 is 0 Å². The Balaban J connectivity index is 1.77. The molecular formula is C21H26N6O2. The quantitative estimate of drug-likeness (QED) is 0.661. The van der Waals surface area contributed by atoms with Crippen LogP contribution in [0.25, 0.3) is 11.4 Å². The minimum Gasteiger partial charge on any atom is -0.497 e. The lowest BCUT2D eigenvalue weighted by molar-refractivity contribution is 0.0945. The summed E-state index contributed by atoms with van der Waals surface area (Å²) in [5.41, 5.74) is 2.68. The van der Waals surface area contributed by atoms with E-state index in [2.05, 4.69) is 39.6 Å². The zero-order valence-corrected chi connectivity index (χ0v) is 17.4. The van der Waals surface area contributed by atoms with E-state index in [9.17, 15) is 4.79 Å². The van der Waals surface area contributed by atoms with E-state index in [1.165, 1.54) is 0 Å². The number of nitrogens with zero attached hydrogens (tertiary/aromatic N) is 5. The molecule has 8 nitrogen and oxygen atoms in total. The van der Waals surface area contributed by atoms with Crippen LogP contribution in [0.3, 0.4) is 0 Å². The molecule has 0 spiro atoms. The van der Waals surface area contributed by atoms with Crippen LogP contribution in [0.5, 0.6) is 5.75 Å². The molecule has 1 aromatic carbocycles. The summed E-state index contributed by atoms with van der Waals surface area (Å²) in [5.74, 6) is 1.34. The van der Waals surface area contributed by atoms with Gasteiger partial charge < -0.3 is 10.1 Å². The zero-order valence-electron chi connectivity index (χ0n) is 17.4. The van der Waals surface area contributed by atoms with E-state index in [0.29, 0.717) is 35.2 Å². The second-order valence-corrected chi connectivity index (χ2v) is 7.33. The lowest BCUT2D eigenvalue weighted by atomic mass is 10.1. The fraction of sp³-hybridized carbons (Fsp3) is 0.381. The third-order valence-electron chi connectivity index (χ3n) is 4.79. The van der Waals surface area contributed by atoms with Gasteiger partial charge in [-0.25, -0.2) is 4.98 Å². The predicted molar refractivity (Wildman–Crippen MR) is 109 cm³/mol. The Morgan fingerprint density at radius 3 is 2.72 bits per heavy atom. The summed E-state index contributed by atoms with van der Waals surface area (Å²) in [4.78, 5) is 18.6. The second-order valence-electron chi connectivity index (χ2n) is 7.33. The van der Waals surface area contributed by atoms with Crippen molar-refractivity contribution >= 4 is 5.91 Å². The van der Waals surface area contributed by atoms with Gasteiger partial charge in [-0.3, -0.25) is 4.79 Å². The van der Waals surface area contributed by atoms with Gasteiger partial charge in [-0.1, -0.05) is 26.0 Å². The van der Waals surface area contributed by atoms with Crippen LogP contribution in [-0.4, -0.2) is 38.2 Å². The van der Waals surface area contributed by atoms with E-state index in [1.54, 1.807) is 18.0 Å². The van der Waals surface area contributed by atoms with Gasteiger partial charge in [0.25, 0.3) is 5.91 Å². The molecule has 0 unspecified atom stereocenters. The van der Waals surface area contributed by atoms with Gasteiger partial charge in [-0.05, 0) is 54.8 Å². The first kappa shape index (κ1) is 20.4. The van der Waals surface area contributed by atoms with Crippen LogP contribution in [0.15, 0.2) is 36.4 Å². The SMILES string of the molecule is COc1cccc(CNC(=O)c2cc(-c3nnn([C@@H](C)C(C)C)n3)cc(C)n2)c1. The van der Waals surface area contributed by atoms with Crippen LogP contribution in [-0.2, 0) is 6.54 Å². The fourth-order valence-corrected chi connectivity index (χ4v) is 2.75. The van der Waals surface area contributed by atoms with Crippen molar-refractivity contribution < 1.29 is 9.53 Å². The molecule has 1 N–H and O–H groups in total. The number of benzene rings is 1. The third kappa shape index (κ3) is 4.96. The summed E-state index contributed by atoms with van der Waals surface area (Å²) in [5, 5.41) is 15.7. The zero-order chi connectivity index (χ0) is 21.0. The van der Waals surface area contributed by atoms with E-state index in [4.69, 9.17) is 4.74 Å². The Hall–Kier alpha value is -3.29. The molecule has 8 heteroatoms. The smallest absolute Gasteiger partial charge is 0.270 e. The molecule has 2 heterocycles. The number of carbonyl (C=O) groups excluding carboxylic acids is 1. The van der Waals surface area contributed by atoms with Crippen LogP contribution in [0, 0.1) is 12.8 Å². The maximum Gasteiger partial charge on any atom is 0.270 e. The number of amides is 1. The summed E-state index contributed by atoms with van der Waals surface area (Å²) in [6, 6.07) is 11.2. The highest BCUT2D eigenvalue weighted by atomic mass is 16.5. The summed E-state index contributed by atoms with van der Waals surface area (Å²) < 4.78 is 5.21. The number of tetrazole rings is 1. The summed E-state index contributed by atoms with van der Waals surface area (Å²) in [7, 11) is 1.61. The van der Waals surface area contributed by atoms with Crippen molar-refractivity contribution in [2.24, 2.45) is 5.92 Å². The molecule has 152 valence electrons. The minimum atomic E-state index is -0.263. The predicted octanol–water partition coefficient (Wildman–Crippen LogP) is 3.20. The van der Waals surface area contributed by atoms with Gasteiger partial charge >= 0.3 is 0 Å². The van der Waals surface area contributed by atoms with Gasteiger partial charge in [-0.2, -0.15) is 4.80 Å². The molecule has 0 saturated carbocycles. The van der Waals surface area contributed by atoms with Crippen LogP contribution < -0.4 is 10.1 Å². The van der Waals surface area contributed by atoms with Crippen molar-refractivity contribution in [2.75, 3.05) is 7.11 Å². The van der Waals surface area contributed by atoms with Crippen molar-refractivity contribution in [3.05, 3.63) is 53.3 Å². The first-order valence-electron chi connectivity index (χ1n) is 9.57. The first-order chi connectivity index (χ1) is 13.9. The average molecular weight is 394 g/mol. The largest absolute Gasteiger partial charge is 0.497 e. The number of ether oxygens (including phenoxy) is 1. The molecule has 3 rings (SSSR count). The molecule has 1 atom stereocenters. The van der Waals surface area contributed by atoms with Crippen molar-refractivity contribution in [3.63, 3.8) is 0 Å². The third-order valence-corrected chi connectivity index (χ3v) is 4.79. The Bertz CT molecular complexity index is 998. The van der Waals surface area contributed by atoms with Gasteiger partial charge in [0.15, 0.2) is 0 Å². The van der Waals surface area contributed by atoms with Crippen LogP contribution in [0.4, 0.5) is 0 Å². The number of aryl methyl sites for hydroxylation is 1. The summed E-state index contributed by atoms with van der Waals surface area (Å²) >= 11 is 0. The van der Waals surface area contributed by atoms with E-state index in [0.717, 1.165) is 11.3 Å². The Morgan fingerprint density at radius 1 is 1.21 bits per heavy atom. The molecule has 3 aromatic rings. The number of rotatable bonds is 7. The van der Waals surface area contributed by atoms with Crippen molar-refractivity contribution in [2.45, 2.75) is 40.3 Å². The Kier molecular flexibility index (Phi) is 6.21. The van der Waals surface area contributed by atoms with Gasteiger partial charge in [0.1, 0.15) is 11.4 Å². The molecular weight excluding hydrogens is 368 g/mol. The molecule has 0 aliphatic carbocycles. The number of hydrogen-bond donors (Lipinski definition) is 1. The average Bonchev–Trinajstić information content (AvgIpc) is 3.21. The van der Waals surface area contributed by atoms with E-state index < -0.39 is 0 Å². The molecule has 1 amide bonds. The molecule has 29 heavy (non-hydrogen) atoms. The number of hydrogen-bond acceptors (Lipinski definition) is 6. The lowest BCUT2D eigenvalue weighted by Gasteiger charge is -2.12.